The fourth-order valence-corrected chi connectivity index (χ4v) is 1.92. The van der Waals surface area contributed by atoms with Crippen molar-refractivity contribution in [3.8, 4) is 6.07 Å². The highest BCUT2D eigenvalue weighted by Crippen LogP contribution is 2.17. The van der Waals surface area contributed by atoms with Crippen molar-refractivity contribution in [1.29, 1.82) is 5.26 Å². The number of carbonyl (C=O) groups excluding carboxylic acids is 1. The summed E-state index contributed by atoms with van der Waals surface area (Å²) in [7, 11) is 1.76. The van der Waals surface area contributed by atoms with Crippen LogP contribution < -0.4 is 0 Å². The first kappa shape index (κ1) is 13.7. The molecule has 1 rings (SSSR count). The topological polar surface area (TPSA) is 44.1 Å². The molecule has 0 aromatic heterocycles. The molecule has 0 saturated heterocycles. The molecule has 0 aliphatic rings. The summed E-state index contributed by atoms with van der Waals surface area (Å²) in [6.45, 7) is 2.60. The predicted molar refractivity (Wildman–Crippen MR) is 70.2 cm³/mol. The van der Waals surface area contributed by atoms with Crippen LogP contribution in [0.3, 0.4) is 0 Å². The van der Waals surface area contributed by atoms with Gasteiger partial charge in [0, 0.05) is 30.9 Å². The van der Waals surface area contributed by atoms with Gasteiger partial charge in [-0.05, 0) is 30.2 Å². The molecule has 4 heteroatoms. The van der Waals surface area contributed by atoms with Gasteiger partial charge in [-0.15, -0.1) is 0 Å². The molecule has 1 amide bonds. The highest BCUT2D eigenvalue weighted by Gasteiger charge is 2.10. The Hall–Kier alpha value is -1.34. The van der Waals surface area contributed by atoms with Crippen LogP contribution in [0.1, 0.15) is 24.0 Å². The molecule has 0 fully saturated rings. The van der Waals surface area contributed by atoms with E-state index in [2.05, 4.69) is 15.9 Å². The summed E-state index contributed by atoms with van der Waals surface area (Å²) in [6.07, 6.45) is 0.570. The first-order valence-corrected chi connectivity index (χ1v) is 6.20. The summed E-state index contributed by atoms with van der Waals surface area (Å²) in [6, 6.07) is 8.00. The SMILES string of the molecule is Cc1ccc(Br)cc1CN(C)C(=O)CCC#N. The molecule has 0 atom stereocenters. The van der Waals surface area contributed by atoms with Crippen molar-refractivity contribution in [3.63, 3.8) is 0 Å². The Morgan fingerprint density at radius 3 is 2.88 bits per heavy atom. The number of hydrogen-bond donors (Lipinski definition) is 0. The average Bonchev–Trinajstić information content (AvgIpc) is 2.30. The van der Waals surface area contributed by atoms with Gasteiger partial charge in [-0.3, -0.25) is 4.79 Å². The molecule has 3 nitrogen and oxygen atoms in total. The second-order valence-corrected chi connectivity index (χ2v) is 4.89. The number of rotatable bonds is 4. The van der Waals surface area contributed by atoms with Crippen LogP contribution in [0.15, 0.2) is 22.7 Å². The van der Waals surface area contributed by atoms with Crippen LogP contribution in [0.5, 0.6) is 0 Å². The fourth-order valence-electron chi connectivity index (χ4n) is 1.51. The van der Waals surface area contributed by atoms with Crippen molar-refractivity contribution in [2.24, 2.45) is 0 Å². The Bertz CT molecular complexity index is 451. The van der Waals surface area contributed by atoms with Gasteiger partial charge in [-0.1, -0.05) is 22.0 Å². The van der Waals surface area contributed by atoms with Crippen LogP contribution >= 0.6 is 15.9 Å². The molecule has 0 bridgehead atoms. The third-order valence-electron chi connectivity index (χ3n) is 2.60. The van der Waals surface area contributed by atoms with E-state index in [1.54, 1.807) is 11.9 Å². The molecule has 0 aliphatic carbocycles. The molecule has 0 saturated carbocycles. The normalized spacial score (nSPS) is 9.76. The van der Waals surface area contributed by atoms with Gasteiger partial charge >= 0.3 is 0 Å². The van der Waals surface area contributed by atoms with Crippen LogP contribution in [0.2, 0.25) is 0 Å². The van der Waals surface area contributed by atoms with Gasteiger partial charge in [0.05, 0.1) is 6.07 Å². The first-order chi connectivity index (χ1) is 8.04. The summed E-state index contributed by atoms with van der Waals surface area (Å²) in [5, 5.41) is 8.44. The zero-order valence-corrected chi connectivity index (χ0v) is 11.6. The maximum absolute atomic E-state index is 11.7. The molecule has 0 N–H and O–H groups in total. The second kappa shape index (κ2) is 6.41. The van der Waals surface area contributed by atoms with Gasteiger partial charge in [-0.25, -0.2) is 0 Å². The number of halogens is 1. The Kier molecular flexibility index (Phi) is 5.17. The van der Waals surface area contributed by atoms with Crippen molar-refractivity contribution in [3.05, 3.63) is 33.8 Å². The minimum Gasteiger partial charge on any atom is -0.341 e. The zero-order valence-electron chi connectivity index (χ0n) is 10.0. The molecule has 0 unspecified atom stereocenters. The van der Waals surface area contributed by atoms with Crippen molar-refractivity contribution in [2.45, 2.75) is 26.3 Å². The first-order valence-electron chi connectivity index (χ1n) is 5.40. The van der Waals surface area contributed by atoms with Gasteiger partial charge in [0.15, 0.2) is 0 Å². The van der Waals surface area contributed by atoms with E-state index in [1.807, 2.05) is 31.2 Å². The van der Waals surface area contributed by atoms with E-state index in [9.17, 15) is 4.79 Å². The molecular formula is C13H15BrN2O. The van der Waals surface area contributed by atoms with Gasteiger partial charge in [0.1, 0.15) is 0 Å². The molecular weight excluding hydrogens is 280 g/mol. The van der Waals surface area contributed by atoms with E-state index in [0.717, 1.165) is 15.6 Å². The average molecular weight is 295 g/mol. The standard InChI is InChI=1S/C13H15BrN2O/c1-10-5-6-12(14)8-11(10)9-16(2)13(17)4-3-7-15/h5-6,8H,3-4,9H2,1-2H3. The lowest BCUT2D eigenvalue weighted by atomic mass is 10.1. The van der Waals surface area contributed by atoms with Gasteiger partial charge in [0.25, 0.3) is 0 Å². The smallest absolute Gasteiger partial charge is 0.223 e. The van der Waals surface area contributed by atoms with E-state index >= 15 is 0 Å². The van der Waals surface area contributed by atoms with E-state index in [4.69, 9.17) is 5.26 Å². The molecule has 17 heavy (non-hydrogen) atoms. The number of aryl methyl sites for hydroxylation is 1. The third kappa shape index (κ3) is 4.20. The van der Waals surface area contributed by atoms with Crippen LogP contribution in [0.4, 0.5) is 0 Å². The lowest BCUT2D eigenvalue weighted by Crippen LogP contribution is -2.26. The van der Waals surface area contributed by atoms with Crippen LogP contribution in [0, 0.1) is 18.3 Å². The molecule has 0 radical (unpaired) electrons. The third-order valence-corrected chi connectivity index (χ3v) is 3.09. The van der Waals surface area contributed by atoms with E-state index in [1.165, 1.54) is 0 Å². The number of carbonyl (C=O) groups is 1. The van der Waals surface area contributed by atoms with Crippen molar-refractivity contribution < 1.29 is 4.79 Å². The van der Waals surface area contributed by atoms with Gasteiger partial charge in [0.2, 0.25) is 5.91 Å². The predicted octanol–water partition coefficient (Wildman–Crippen LogP) is 3.02. The molecule has 1 aromatic carbocycles. The van der Waals surface area contributed by atoms with E-state index in [-0.39, 0.29) is 12.3 Å². The summed E-state index contributed by atoms with van der Waals surface area (Å²) >= 11 is 3.42. The number of amides is 1. The molecule has 1 aromatic rings. The fraction of sp³-hybridized carbons (Fsp3) is 0.385. The van der Waals surface area contributed by atoms with Crippen molar-refractivity contribution >= 4 is 21.8 Å². The summed E-state index contributed by atoms with van der Waals surface area (Å²) < 4.78 is 1.01. The summed E-state index contributed by atoms with van der Waals surface area (Å²) in [5.74, 6) is 0.00549. The highest BCUT2D eigenvalue weighted by molar-refractivity contribution is 9.10. The quantitative estimate of drug-likeness (QED) is 0.857. The molecule has 0 spiro atoms. The van der Waals surface area contributed by atoms with Crippen molar-refractivity contribution in [1.82, 2.24) is 4.90 Å². The summed E-state index contributed by atoms with van der Waals surface area (Å²) in [5.41, 5.74) is 2.28. The minimum absolute atomic E-state index is 0.00549. The van der Waals surface area contributed by atoms with Crippen LogP contribution in [0.25, 0.3) is 0 Å². The van der Waals surface area contributed by atoms with Crippen LogP contribution in [-0.4, -0.2) is 17.9 Å². The van der Waals surface area contributed by atoms with Gasteiger partial charge in [-0.2, -0.15) is 5.26 Å². The highest BCUT2D eigenvalue weighted by atomic mass is 79.9. The molecule has 0 heterocycles. The lowest BCUT2D eigenvalue weighted by Gasteiger charge is -2.18. The Labute approximate surface area is 110 Å². The number of nitriles is 1. The molecule has 0 aliphatic heterocycles. The zero-order chi connectivity index (χ0) is 12.8. The largest absolute Gasteiger partial charge is 0.341 e. The molecule has 90 valence electrons. The Morgan fingerprint density at radius 1 is 1.53 bits per heavy atom. The van der Waals surface area contributed by atoms with E-state index < -0.39 is 0 Å². The monoisotopic (exact) mass is 294 g/mol. The minimum atomic E-state index is 0.00549. The summed E-state index contributed by atoms with van der Waals surface area (Å²) in [4.78, 5) is 13.3. The Morgan fingerprint density at radius 2 is 2.24 bits per heavy atom. The second-order valence-electron chi connectivity index (χ2n) is 3.98. The number of nitrogens with zero attached hydrogens (tertiary/aromatic N) is 2. The maximum Gasteiger partial charge on any atom is 0.223 e. The number of hydrogen-bond acceptors (Lipinski definition) is 2. The van der Waals surface area contributed by atoms with Crippen molar-refractivity contribution in [2.75, 3.05) is 7.05 Å². The Balaban J connectivity index is 2.67. The number of benzene rings is 1. The lowest BCUT2D eigenvalue weighted by molar-refractivity contribution is -0.130. The van der Waals surface area contributed by atoms with Gasteiger partial charge < -0.3 is 4.90 Å². The van der Waals surface area contributed by atoms with Crippen LogP contribution in [-0.2, 0) is 11.3 Å². The van der Waals surface area contributed by atoms with E-state index in [0.29, 0.717) is 13.0 Å². The maximum atomic E-state index is 11.7.